The third kappa shape index (κ3) is 5.72. The molecule has 1 amide bonds. The smallest absolute Gasteiger partial charge is 0.233 e. The molecule has 4 heterocycles. The Kier molecular flexibility index (Phi) is 7.22. The first-order chi connectivity index (χ1) is 18.2. The minimum Gasteiger partial charge on any atom is -0.449 e. The average Bonchev–Trinajstić information content (AvgIpc) is 3.57. The molecule has 0 bridgehead atoms. The van der Waals surface area contributed by atoms with Crippen LogP contribution in [0, 0.1) is 0 Å². The maximum atomic E-state index is 12.4. The van der Waals surface area contributed by atoms with E-state index >= 15 is 0 Å². The summed E-state index contributed by atoms with van der Waals surface area (Å²) < 4.78 is 13.2. The molecular formula is C27H22N4O3S3. The number of thioether (sulfide) groups is 1. The third-order valence-electron chi connectivity index (χ3n) is 5.78. The summed E-state index contributed by atoms with van der Waals surface area (Å²) in [5.41, 5.74) is 2.69. The van der Waals surface area contributed by atoms with Crippen LogP contribution in [-0.2, 0) is 9.53 Å². The van der Waals surface area contributed by atoms with Crippen LogP contribution in [0.1, 0.15) is 5.76 Å². The number of ether oxygens (including phenoxy) is 1. The van der Waals surface area contributed by atoms with Crippen molar-refractivity contribution in [2.24, 2.45) is 4.99 Å². The van der Waals surface area contributed by atoms with Crippen molar-refractivity contribution in [3.8, 4) is 0 Å². The lowest BCUT2D eigenvalue weighted by Crippen LogP contribution is -2.41. The molecule has 0 spiro atoms. The van der Waals surface area contributed by atoms with Gasteiger partial charge in [0.1, 0.15) is 5.76 Å². The maximum absolute atomic E-state index is 12.4. The number of pyridine rings is 1. The number of thiazole rings is 1. The Hall–Kier alpha value is -3.18. The number of aromatic nitrogens is 2. The van der Waals surface area contributed by atoms with E-state index in [9.17, 15) is 4.79 Å². The fourth-order valence-electron chi connectivity index (χ4n) is 3.93. The molecule has 6 rings (SSSR count). The van der Waals surface area contributed by atoms with E-state index in [0.29, 0.717) is 37.8 Å². The molecule has 0 saturated carbocycles. The van der Waals surface area contributed by atoms with Gasteiger partial charge in [-0.05, 0) is 54.2 Å². The highest BCUT2D eigenvalue weighted by Gasteiger charge is 2.17. The van der Waals surface area contributed by atoms with Crippen molar-refractivity contribution in [3.63, 3.8) is 0 Å². The molecular weight excluding hydrogens is 525 g/mol. The fraction of sp³-hybridized carbons (Fsp3) is 0.185. The zero-order valence-electron chi connectivity index (χ0n) is 19.7. The van der Waals surface area contributed by atoms with E-state index < -0.39 is 0 Å². The molecule has 37 heavy (non-hydrogen) atoms. The number of fused-ring (bicyclic) bond motifs is 2. The van der Waals surface area contributed by atoms with Crippen molar-refractivity contribution in [1.29, 1.82) is 0 Å². The zero-order valence-corrected chi connectivity index (χ0v) is 22.2. The van der Waals surface area contributed by atoms with Crippen LogP contribution < -0.4 is 0 Å². The quantitative estimate of drug-likeness (QED) is 0.175. The predicted molar refractivity (Wildman–Crippen MR) is 150 cm³/mol. The van der Waals surface area contributed by atoms with Gasteiger partial charge in [0.25, 0.3) is 0 Å². The highest BCUT2D eigenvalue weighted by molar-refractivity contribution is 8.01. The number of benzene rings is 2. The highest BCUT2D eigenvalue weighted by atomic mass is 32.2. The summed E-state index contributed by atoms with van der Waals surface area (Å²) in [6.07, 6.45) is 3.53. The molecule has 0 atom stereocenters. The molecule has 0 aliphatic carbocycles. The molecule has 1 aliphatic rings. The minimum absolute atomic E-state index is 0.130. The maximum Gasteiger partial charge on any atom is 0.233 e. The van der Waals surface area contributed by atoms with E-state index in [1.165, 1.54) is 11.8 Å². The molecule has 1 saturated heterocycles. The van der Waals surface area contributed by atoms with Gasteiger partial charge in [-0.1, -0.05) is 30.0 Å². The second-order valence-corrected chi connectivity index (χ2v) is 11.6. The Balaban J connectivity index is 1.10. The monoisotopic (exact) mass is 546 g/mol. The lowest BCUT2D eigenvalue weighted by molar-refractivity contribution is -0.132. The summed E-state index contributed by atoms with van der Waals surface area (Å²) in [6, 6.07) is 19.9. The Bertz CT molecular complexity index is 1590. The van der Waals surface area contributed by atoms with Crippen molar-refractivity contribution in [3.05, 3.63) is 72.6 Å². The number of carbonyl (C=O) groups excluding carboxylic acids is 1. The van der Waals surface area contributed by atoms with Crippen LogP contribution in [0.25, 0.3) is 21.1 Å². The molecule has 3 aromatic heterocycles. The number of nitrogens with zero attached hydrogens (tertiary/aromatic N) is 4. The van der Waals surface area contributed by atoms with Gasteiger partial charge in [-0.3, -0.25) is 14.8 Å². The number of hydrogen-bond donors (Lipinski definition) is 0. The number of rotatable bonds is 7. The SMILES string of the molecule is O=C(CSc1nc2ccc(N=Cc3ccc(Sc4cccc5cccnc45)o3)cc2s1)N1CCOCC1. The van der Waals surface area contributed by atoms with Gasteiger partial charge in [-0.15, -0.1) is 11.3 Å². The van der Waals surface area contributed by atoms with Crippen molar-refractivity contribution in [1.82, 2.24) is 14.9 Å². The Morgan fingerprint density at radius 1 is 1.11 bits per heavy atom. The first kappa shape index (κ1) is 24.2. The van der Waals surface area contributed by atoms with Crippen LogP contribution in [0.5, 0.6) is 0 Å². The lowest BCUT2D eigenvalue weighted by atomic mass is 10.2. The first-order valence-corrected chi connectivity index (χ1v) is 14.4. The van der Waals surface area contributed by atoms with Crippen molar-refractivity contribution < 1.29 is 13.9 Å². The minimum atomic E-state index is 0.130. The summed E-state index contributed by atoms with van der Waals surface area (Å²) in [7, 11) is 0. The molecule has 2 aromatic carbocycles. The summed E-state index contributed by atoms with van der Waals surface area (Å²) in [4.78, 5) is 29.1. The number of amides is 1. The Labute approximate surface area is 226 Å². The number of furan rings is 1. The van der Waals surface area contributed by atoms with E-state index in [1.54, 1.807) is 35.5 Å². The van der Waals surface area contributed by atoms with E-state index in [0.717, 1.165) is 41.1 Å². The van der Waals surface area contributed by atoms with Crippen LogP contribution in [-0.4, -0.2) is 59.0 Å². The topological polar surface area (TPSA) is 80.8 Å². The van der Waals surface area contributed by atoms with Gasteiger partial charge >= 0.3 is 0 Å². The van der Waals surface area contributed by atoms with Gasteiger partial charge in [0.2, 0.25) is 5.91 Å². The molecule has 1 aliphatic heterocycles. The van der Waals surface area contributed by atoms with E-state index in [-0.39, 0.29) is 5.91 Å². The number of aliphatic imine (C=N–C) groups is 1. The Morgan fingerprint density at radius 2 is 2.00 bits per heavy atom. The van der Waals surface area contributed by atoms with Crippen molar-refractivity contribution in [2.75, 3.05) is 32.1 Å². The largest absolute Gasteiger partial charge is 0.449 e. The van der Waals surface area contributed by atoms with Gasteiger partial charge in [-0.25, -0.2) is 4.98 Å². The molecule has 10 heteroatoms. The standard InChI is InChI=1S/C27H22N4O3S3/c32-24(31-11-13-33-14-12-31)17-35-27-30-21-8-6-19(15-23(21)37-27)29-16-20-7-9-25(34-20)36-22-5-1-3-18-4-2-10-28-26(18)22/h1-10,15-16H,11-14,17H2. The second kappa shape index (κ2) is 11.1. The molecule has 0 N–H and O–H groups in total. The molecule has 7 nitrogen and oxygen atoms in total. The zero-order chi connectivity index (χ0) is 25.0. The van der Waals surface area contributed by atoms with Crippen LogP contribution in [0.4, 0.5) is 5.69 Å². The van der Waals surface area contributed by atoms with E-state index in [4.69, 9.17) is 9.15 Å². The number of carbonyl (C=O) groups is 1. The molecule has 0 radical (unpaired) electrons. The second-order valence-electron chi connectivity index (χ2n) is 8.26. The van der Waals surface area contributed by atoms with Gasteiger partial charge in [0.05, 0.1) is 46.6 Å². The van der Waals surface area contributed by atoms with Crippen LogP contribution in [0.15, 0.2) is 90.6 Å². The van der Waals surface area contributed by atoms with Crippen molar-refractivity contribution >= 4 is 73.8 Å². The average molecular weight is 547 g/mol. The lowest BCUT2D eigenvalue weighted by Gasteiger charge is -2.26. The van der Waals surface area contributed by atoms with Crippen LogP contribution >= 0.6 is 34.9 Å². The van der Waals surface area contributed by atoms with Crippen molar-refractivity contribution in [2.45, 2.75) is 14.3 Å². The van der Waals surface area contributed by atoms with Crippen LogP contribution in [0.3, 0.4) is 0 Å². The van der Waals surface area contributed by atoms with Gasteiger partial charge < -0.3 is 14.1 Å². The first-order valence-electron chi connectivity index (χ1n) is 11.8. The van der Waals surface area contributed by atoms with Gasteiger partial charge in [-0.2, -0.15) is 0 Å². The number of hydrogen-bond acceptors (Lipinski definition) is 9. The molecule has 186 valence electrons. The summed E-state index contributed by atoms with van der Waals surface area (Å²) in [5.74, 6) is 1.20. The normalized spacial score (nSPS) is 14.2. The van der Waals surface area contributed by atoms with E-state index in [1.807, 2.05) is 53.4 Å². The third-order valence-corrected chi connectivity index (χ3v) is 8.90. The van der Waals surface area contributed by atoms with Gasteiger partial charge in [0, 0.05) is 29.6 Å². The van der Waals surface area contributed by atoms with E-state index in [2.05, 4.69) is 27.1 Å². The number of morpholine rings is 1. The summed E-state index contributed by atoms with van der Waals surface area (Å²) in [6.45, 7) is 2.55. The van der Waals surface area contributed by atoms with Gasteiger partial charge in [0.15, 0.2) is 9.43 Å². The molecule has 5 aromatic rings. The molecule has 1 fully saturated rings. The van der Waals surface area contributed by atoms with Crippen LogP contribution in [0.2, 0.25) is 0 Å². The highest BCUT2D eigenvalue weighted by Crippen LogP contribution is 2.34. The fourth-order valence-corrected chi connectivity index (χ4v) is 6.83. The summed E-state index contributed by atoms with van der Waals surface area (Å²) in [5, 5.41) is 1.88. The predicted octanol–water partition coefficient (Wildman–Crippen LogP) is 6.29. The summed E-state index contributed by atoms with van der Waals surface area (Å²) >= 11 is 4.61. The molecule has 0 unspecified atom stereocenters. The Morgan fingerprint density at radius 3 is 2.92 bits per heavy atom. The number of para-hydroxylation sites is 1.